The third-order valence-corrected chi connectivity index (χ3v) is 20.0. The van der Waals surface area contributed by atoms with Crippen molar-refractivity contribution in [1.29, 1.82) is 10.5 Å². The number of hydrogen-bond acceptors (Lipinski definition) is 5. The maximum absolute atomic E-state index is 10.2. The quantitative estimate of drug-likeness (QED) is 0.0730. The van der Waals surface area contributed by atoms with Crippen molar-refractivity contribution in [2.75, 3.05) is 0 Å². The van der Waals surface area contributed by atoms with E-state index in [1.165, 1.54) is 20.7 Å². The standard InChI is InChI=1S/C73H44N8Si/c1-76-59-40-58(41-60(46-59)77-2)54-32-36-67-66-35-31-53(57-38-49(47-74)37-50(39-57)48-75)43-69(66)81(70(67)44-54)68-45-56(73-79-71(51-19-8-3-9-20-51)78-72(80-73)52-21-10-4-11-22-52)33-34-65(68)55-23-18-30-64(42-55)82(61-24-12-5-13-25-61,62-26-14-6-15-27-62)63-28-16-7-17-29-63/h3-46H. The monoisotopic (exact) mass is 1060 g/mol. The zero-order valence-electron chi connectivity index (χ0n) is 44.0. The minimum Gasteiger partial charge on any atom is -0.309 e. The fourth-order valence-corrected chi connectivity index (χ4v) is 16.3. The molecule has 0 amide bonds. The summed E-state index contributed by atoms with van der Waals surface area (Å²) in [6, 6.07) is 95.8. The van der Waals surface area contributed by atoms with Crippen molar-refractivity contribution in [2.45, 2.75) is 0 Å². The molecule has 0 aliphatic carbocycles. The Kier molecular flexibility index (Phi) is 13.0. The molecule has 0 fully saturated rings. The number of benzene rings is 11. The summed E-state index contributed by atoms with van der Waals surface area (Å²) in [5.41, 5.74) is 11.6. The summed E-state index contributed by atoms with van der Waals surface area (Å²) in [5.74, 6) is 1.56. The molecular weight excluding hydrogens is 1020 g/mol. The molecule has 0 saturated heterocycles. The third-order valence-electron chi connectivity index (χ3n) is 15.2. The van der Waals surface area contributed by atoms with Gasteiger partial charge in [-0.25, -0.2) is 24.6 Å². The van der Waals surface area contributed by atoms with Crippen LogP contribution in [-0.2, 0) is 0 Å². The van der Waals surface area contributed by atoms with E-state index in [0.717, 1.165) is 77.6 Å². The number of nitrogens with zero attached hydrogens (tertiary/aromatic N) is 8. The van der Waals surface area contributed by atoms with E-state index in [1.807, 2.05) is 91.0 Å². The van der Waals surface area contributed by atoms with Gasteiger partial charge in [-0.3, -0.25) is 0 Å². The smallest absolute Gasteiger partial charge is 0.179 e. The van der Waals surface area contributed by atoms with E-state index in [-0.39, 0.29) is 0 Å². The summed E-state index contributed by atoms with van der Waals surface area (Å²) in [7, 11) is -3.02. The van der Waals surface area contributed by atoms with Crippen molar-refractivity contribution in [3.05, 3.63) is 301 Å². The Morgan fingerprint density at radius 3 is 1.22 bits per heavy atom. The lowest BCUT2D eigenvalue weighted by Crippen LogP contribution is -2.74. The van der Waals surface area contributed by atoms with E-state index in [9.17, 15) is 10.5 Å². The molecule has 0 radical (unpaired) electrons. The molecular formula is C73H44N8Si. The van der Waals surface area contributed by atoms with Crippen LogP contribution in [0.25, 0.3) is 105 Å². The molecule has 0 atom stereocenters. The van der Waals surface area contributed by atoms with E-state index in [0.29, 0.717) is 40.0 Å². The van der Waals surface area contributed by atoms with Crippen molar-refractivity contribution in [2.24, 2.45) is 0 Å². The van der Waals surface area contributed by atoms with Gasteiger partial charge in [-0.15, -0.1) is 0 Å². The summed E-state index contributed by atoms with van der Waals surface area (Å²) in [4.78, 5) is 23.0. The van der Waals surface area contributed by atoms with E-state index >= 15 is 0 Å². The van der Waals surface area contributed by atoms with Crippen LogP contribution in [0.15, 0.2) is 267 Å². The lowest BCUT2D eigenvalue weighted by Gasteiger charge is -2.34. The Balaban J connectivity index is 1.14. The van der Waals surface area contributed by atoms with Gasteiger partial charge >= 0.3 is 0 Å². The predicted molar refractivity (Wildman–Crippen MR) is 332 cm³/mol. The van der Waals surface area contributed by atoms with Crippen molar-refractivity contribution in [3.63, 3.8) is 0 Å². The Labute approximate surface area is 475 Å². The van der Waals surface area contributed by atoms with E-state index in [4.69, 9.17) is 28.1 Å². The Bertz CT molecular complexity index is 4430. The predicted octanol–water partition coefficient (Wildman–Crippen LogP) is 15.2. The van der Waals surface area contributed by atoms with Crippen molar-refractivity contribution >= 4 is 62.0 Å². The van der Waals surface area contributed by atoms with Gasteiger partial charge < -0.3 is 4.57 Å². The highest BCUT2D eigenvalue weighted by molar-refractivity contribution is 7.19. The summed E-state index contributed by atoms with van der Waals surface area (Å²) in [6.07, 6.45) is 0. The Morgan fingerprint density at radius 2 is 0.756 bits per heavy atom. The minimum atomic E-state index is -3.02. The summed E-state index contributed by atoms with van der Waals surface area (Å²) in [6.45, 7) is 15.9. The maximum atomic E-state index is 10.2. The van der Waals surface area contributed by atoms with Gasteiger partial charge in [0.1, 0.15) is 0 Å². The molecule has 8 nitrogen and oxygen atoms in total. The molecule has 13 aromatic rings. The second-order valence-corrected chi connectivity index (χ2v) is 23.8. The van der Waals surface area contributed by atoms with Crippen LogP contribution in [0.5, 0.6) is 0 Å². The van der Waals surface area contributed by atoms with Gasteiger partial charge in [-0.05, 0) is 85.0 Å². The molecule has 13 rings (SSSR count). The summed E-state index contributed by atoms with van der Waals surface area (Å²) < 4.78 is 2.30. The molecule has 9 heteroatoms. The van der Waals surface area contributed by atoms with Crippen LogP contribution in [0.4, 0.5) is 11.4 Å². The molecule has 82 heavy (non-hydrogen) atoms. The molecule has 0 saturated carbocycles. The van der Waals surface area contributed by atoms with Crippen LogP contribution < -0.4 is 20.7 Å². The Morgan fingerprint density at radius 1 is 0.341 bits per heavy atom. The molecule has 11 aromatic carbocycles. The summed E-state index contributed by atoms with van der Waals surface area (Å²) in [5, 5.41) is 27.2. The van der Waals surface area contributed by atoms with Crippen LogP contribution in [0.1, 0.15) is 11.1 Å². The van der Waals surface area contributed by atoms with Gasteiger partial charge in [0.15, 0.2) is 36.9 Å². The normalized spacial score (nSPS) is 11.1. The van der Waals surface area contributed by atoms with Gasteiger partial charge in [0.2, 0.25) is 0 Å². The lowest BCUT2D eigenvalue weighted by atomic mass is 9.98. The topological polar surface area (TPSA) is 99.9 Å². The molecule has 2 heterocycles. The van der Waals surface area contributed by atoms with Gasteiger partial charge in [0, 0.05) is 33.0 Å². The second-order valence-electron chi connectivity index (χ2n) is 20.0. The molecule has 0 aliphatic rings. The second kappa shape index (κ2) is 21.3. The maximum Gasteiger partial charge on any atom is 0.179 e. The van der Waals surface area contributed by atoms with Crippen molar-refractivity contribution in [1.82, 2.24) is 19.5 Å². The van der Waals surface area contributed by atoms with Crippen molar-refractivity contribution < 1.29 is 0 Å². The molecule has 2 aromatic heterocycles. The fraction of sp³-hybridized carbons (Fsp3) is 0. The first kappa shape index (κ1) is 49.9. The number of aromatic nitrogens is 4. The van der Waals surface area contributed by atoms with Crippen LogP contribution >= 0.6 is 0 Å². The molecule has 0 bridgehead atoms. The highest BCUT2D eigenvalue weighted by atomic mass is 28.3. The van der Waals surface area contributed by atoms with E-state index in [1.54, 1.807) is 12.1 Å². The number of fused-ring (bicyclic) bond motifs is 3. The van der Waals surface area contributed by atoms with E-state index < -0.39 is 8.07 Å². The van der Waals surface area contributed by atoms with Crippen molar-refractivity contribution in [3.8, 4) is 85.4 Å². The molecule has 0 N–H and O–H groups in total. The lowest BCUT2D eigenvalue weighted by molar-refractivity contribution is 1.07. The minimum absolute atomic E-state index is 0.378. The zero-order chi connectivity index (χ0) is 55.6. The molecule has 0 unspecified atom stereocenters. The average Bonchev–Trinajstić information content (AvgIpc) is 3.86. The first-order valence-corrected chi connectivity index (χ1v) is 28.7. The number of hydrogen-bond donors (Lipinski definition) is 0. The molecule has 380 valence electrons. The number of nitriles is 2. The molecule has 0 spiro atoms. The van der Waals surface area contributed by atoms with Crippen LogP contribution in [-0.4, -0.2) is 27.6 Å². The van der Waals surface area contributed by atoms with Crippen LogP contribution in [0.2, 0.25) is 0 Å². The first-order valence-electron chi connectivity index (χ1n) is 26.7. The van der Waals surface area contributed by atoms with Gasteiger partial charge in [0.05, 0.1) is 53.1 Å². The van der Waals surface area contributed by atoms with Crippen LogP contribution in [0.3, 0.4) is 0 Å². The first-order chi connectivity index (χ1) is 40.4. The SMILES string of the molecule is [C-]#[N+]c1cc([N+]#[C-])cc(-c2ccc3c4ccc(-c5cc(C#N)cc(C#N)c5)cc4n(-c4cc(-c5nc(-c6ccccc6)nc(-c6ccccc6)n5)ccc4-c4cccc([Si](c5ccccc5)(c5ccccc5)c5ccccc5)c4)c3c2)c1. The van der Waals surface area contributed by atoms with Gasteiger partial charge in [-0.2, -0.15) is 10.5 Å². The number of rotatable bonds is 11. The third kappa shape index (κ3) is 9.04. The summed E-state index contributed by atoms with van der Waals surface area (Å²) >= 11 is 0. The van der Waals surface area contributed by atoms with Crippen LogP contribution in [0, 0.1) is 35.8 Å². The highest BCUT2D eigenvalue weighted by Crippen LogP contribution is 2.42. The van der Waals surface area contributed by atoms with Gasteiger partial charge in [0.25, 0.3) is 0 Å². The average molecular weight is 1060 g/mol. The largest absolute Gasteiger partial charge is 0.309 e. The zero-order valence-corrected chi connectivity index (χ0v) is 45.0. The van der Waals surface area contributed by atoms with E-state index in [2.05, 4.69) is 190 Å². The Hall–Kier alpha value is -11.6. The highest BCUT2D eigenvalue weighted by Gasteiger charge is 2.41. The van der Waals surface area contributed by atoms with Gasteiger partial charge in [-0.1, -0.05) is 231 Å². The molecule has 0 aliphatic heterocycles. The fourth-order valence-electron chi connectivity index (χ4n) is 11.5.